The lowest BCUT2D eigenvalue weighted by molar-refractivity contribution is -0.139. The summed E-state index contributed by atoms with van der Waals surface area (Å²) in [6.07, 6.45) is 0. The molecule has 0 aliphatic carbocycles. The number of esters is 2. The van der Waals surface area contributed by atoms with Gasteiger partial charge in [-0.1, -0.05) is 18.2 Å². The van der Waals surface area contributed by atoms with E-state index in [1.54, 1.807) is 58.9 Å². The molecule has 0 saturated heterocycles. The molecule has 1 aromatic rings. The average Bonchev–Trinajstić information content (AvgIpc) is 2.59. The van der Waals surface area contributed by atoms with Gasteiger partial charge in [-0.15, -0.1) is 0 Å². The van der Waals surface area contributed by atoms with Gasteiger partial charge in [0.2, 0.25) is 5.88 Å². The highest BCUT2D eigenvalue weighted by molar-refractivity contribution is 5.96. The van der Waals surface area contributed by atoms with Crippen LogP contribution in [0.4, 0.5) is 0 Å². The average molecular weight is 384 g/mol. The van der Waals surface area contributed by atoms with E-state index >= 15 is 0 Å². The van der Waals surface area contributed by atoms with Crippen LogP contribution >= 0.6 is 0 Å². The highest BCUT2D eigenvalue weighted by Gasteiger charge is 2.38. The molecular weight excluding hydrogens is 360 g/mol. The van der Waals surface area contributed by atoms with E-state index in [-0.39, 0.29) is 35.0 Å². The monoisotopic (exact) mass is 384 g/mol. The Morgan fingerprint density at radius 1 is 1.25 bits per heavy atom. The summed E-state index contributed by atoms with van der Waals surface area (Å²) in [7, 11) is 0. The van der Waals surface area contributed by atoms with Crippen molar-refractivity contribution in [2.24, 2.45) is 5.73 Å². The molecule has 2 N–H and O–H groups in total. The van der Waals surface area contributed by atoms with Gasteiger partial charge in [-0.25, -0.2) is 9.59 Å². The van der Waals surface area contributed by atoms with E-state index in [0.29, 0.717) is 5.56 Å². The molecule has 0 bridgehead atoms. The van der Waals surface area contributed by atoms with Crippen LogP contribution in [0.25, 0.3) is 0 Å². The van der Waals surface area contributed by atoms with E-state index < -0.39 is 23.5 Å². The molecule has 0 aromatic heterocycles. The Balaban J connectivity index is 2.68. The lowest BCUT2D eigenvalue weighted by Crippen LogP contribution is -2.28. The van der Waals surface area contributed by atoms with Gasteiger partial charge in [-0.3, -0.25) is 0 Å². The van der Waals surface area contributed by atoms with Crippen LogP contribution in [0.3, 0.4) is 0 Å². The van der Waals surface area contributed by atoms with Gasteiger partial charge in [0, 0.05) is 0 Å². The van der Waals surface area contributed by atoms with Crippen LogP contribution in [0, 0.1) is 11.3 Å². The number of carbonyl (C=O) groups excluding carboxylic acids is 2. The maximum atomic E-state index is 12.8. The maximum Gasteiger partial charge on any atom is 0.338 e. The van der Waals surface area contributed by atoms with Crippen molar-refractivity contribution in [3.8, 4) is 6.07 Å². The third-order valence-corrected chi connectivity index (χ3v) is 3.99. The minimum absolute atomic E-state index is 0.0321. The van der Waals surface area contributed by atoms with E-state index in [9.17, 15) is 14.9 Å². The molecule has 7 heteroatoms. The third-order valence-electron chi connectivity index (χ3n) is 3.99. The van der Waals surface area contributed by atoms with Crippen LogP contribution in [0.1, 0.15) is 56.5 Å². The molecule has 7 nitrogen and oxygen atoms in total. The molecule has 2 rings (SSSR count). The van der Waals surface area contributed by atoms with E-state index in [4.69, 9.17) is 19.9 Å². The Labute approximate surface area is 164 Å². The fourth-order valence-electron chi connectivity index (χ4n) is 2.93. The van der Waals surface area contributed by atoms with Crippen molar-refractivity contribution < 1.29 is 23.8 Å². The number of hydrogen-bond donors (Lipinski definition) is 1. The molecule has 0 radical (unpaired) electrons. The molecule has 1 aliphatic rings. The van der Waals surface area contributed by atoms with Crippen LogP contribution < -0.4 is 5.73 Å². The summed E-state index contributed by atoms with van der Waals surface area (Å²) in [5.74, 6) is -1.99. The zero-order valence-electron chi connectivity index (χ0n) is 16.7. The molecule has 0 saturated carbocycles. The van der Waals surface area contributed by atoms with E-state index in [1.165, 1.54) is 0 Å². The van der Waals surface area contributed by atoms with Crippen molar-refractivity contribution in [2.45, 2.75) is 46.1 Å². The summed E-state index contributed by atoms with van der Waals surface area (Å²) >= 11 is 0. The van der Waals surface area contributed by atoms with Crippen molar-refractivity contribution in [2.75, 3.05) is 6.61 Å². The van der Waals surface area contributed by atoms with Crippen LogP contribution in [0.15, 0.2) is 47.1 Å². The smallest absolute Gasteiger partial charge is 0.338 e. The fourth-order valence-corrected chi connectivity index (χ4v) is 2.93. The topological polar surface area (TPSA) is 112 Å². The number of benzene rings is 1. The van der Waals surface area contributed by atoms with Gasteiger partial charge in [0.1, 0.15) is 23.0 Å². The largest absolute Gasteiger partial charge is 0.463 e. The first-order valence-electron chi connectivity index (χ1n) is 8.88. The fraction of sp³-hybridized carbons (Fsp3) is 0.381. The van der Waals surface area contributed by atoms with Crippen LogP contribution in [0.5, 0.6) is 0 Å². The molecule has 1 atom stereocenters. The normalized spacial score (nSPS) is 16.9. The van der Waals surface area contributed by atoms with E-state index in [2.05, 4.69) is 0 Å². The minimum Gasteiger partial charge on any atom is -0.463 e. The quantitative estimate of drug-likeness (QED) is 0.793. The molecule has 1 heterocycles. The predicted molar refractivity (Wildman–Crippen MR) is 102 cm³/mol. The standard InChI is InChI=1S/C21H24N2O5/c1-6-26-20(25)16-12(2)27-18(23)15(11-22)17(16)13-9-7-8-10-14(13)19(24)28-21(3,4)5/h7-10,17H,6,23H2,1-5H3. The SMILES string of the molecule is CCOC(=O)C1=C(C)OC(N)=C(C#N)C1c1ccccc1C(=O)OC(C)(C)C. The summed E-state index contributed by atoms with van der Waals surface area (Å²) in [6, 6.07) is 8.64. The van der Waals surface area contributed by atoms with Crippen LogP contribution in [0.2, 0.25) is 0 Å². The van der Waals surface area contributed by atoms with E-state index in [0.717, 1.165) is 0 Å². The highest BCUT2D eigenvalue weighted by atomic mass is 16.6. The Morgan fingerprint density at radius 2 is 1.89 bits per heavy atom. The second-order valence-corrected chi connectivity index (χ2v) is 7.20. The van der Waals surface area contributed by atoms with Crippen molar-refractivity contribution in [3.05, 3.63) is 58.2 Å². The number of nitriles is 1. The Kier molecular flexibility index (Phi) is 6.14. The summed E-state index contributed by atoms with van der Waals surface area (Å²) in [4.78, 5) is 25.4. The minimum atomic E-state index is -0.901. The van der Waals surface area contributed by atoms with Gasteiger partial charge in [0.05, 0.1) is 23.7 Å². The molecule has 148 valence electrons. The maximum absolute atomic E-state index is 12.8. The number of hydrogen-bond acceptors (Lipinski definition) is 7. The van der Waals surface area contributed by atoms with Crippen molar-refractivity contribution >= 4 is 11.9 Å². The lowest BCUT2D eigenvalue weighted by Gasteiger charge is -2.28. The van der Waals surface area contributed by atoms with Crippen molar-refractivity contribution in [1.29, 1.82) is 5.26 Å². The number of ether oxygens (including phenoxy) is 3. The molecule has 1 aromatic carbocycles. The van der Waals surface area contributed by atoms with Crippen molar-refractivity contribution in [3.63, 3.8) is 0 Å². The molecule has 0 spiro atoms. The van der Waals surface area contributed by atoms with Gasteiger partial charge >= 0.3 is 11.9 Å². The van der Waals surface area contributed by atoms with Gasteiger partial charge in [0.25, 0.3) is 0 Å². The van der Waals surface area contributed by atoms with Crippen molar-refractivity contribution in [1.82, 2.24) is 0 Å². The number of allylic oxidation sites excluding steroid dienone is 2. The summed E-state index contributed by atoms with van der Waals surface area (Å²) in [5, 5.41) is 9.67. The summed E-state index contributed by atoms with van der Waals surface area (Å²) < 4.78 is 16.0. The van der Waals surface area contributed by atoms with Gasteiger partial charge in [-0.05, 0) is 46.2 Å². The molecular formula is C21H24N2O5. The first-order chi connectivity index (χ1) is 13.1. The predicted octanol–water partition coefficient (Wildman–Crippen LogP) is 3.29. The Bertz CT molecular complexity index is 900. The zero-order valence-corrected chi connectivity index (χ0v) is 16.7. The zero-order chi connectivity index (χ0) is 21.1. The second-order valence-electron chi connectivity index (χ2n) is 7.20. The number of rotatable bonds is 4. The number of carbonyl (C=O) groups is 2. The van der Waals surface area contributed by atoms with Gasteiger partial charge in [0.15, 0.2) is 0 Å². The lowest BCUT2D eigenvalue weighted by atomic mass is 9.81. The molecule has 1 aliphatic heterocycles. The highest BCUT2D eigenvalue weighted by Crippen LogP contribution is 2.41. The third kappa shape index (κ3) is 4.34. The molecule has 1 unspecified atom stereocenters. The Hall–Kier alpha value is -3.27. The number of nitrogens with zero attached hydrogens (tertiary/aromatic N) is 1. The Morgan fingerprint density at radius 3 is 2.46 bits per heavy atom. The second kappa shape index (κ2) is 8.17. The first kappa shape index (κ1) is 21.0. The summed E-state index contributed by atoms with van der Waals surface area (Å²) in [5.41, 5.74) is 6.01. The molecule has 0 fully saturated rings. The number of nitrogens with two attached hydrogens (primary N) is 1. The van der Waals surface area contributed by atoms with Gasteiger partial charge < -0.3 is 19.9 Å². The molecule has 0 amide bonds. The van der Waals surface area contributed by atoms with Crippen LogP contribution in [-0.2, 0) is 19.0 Å². The van der Waals surface area contributed by atoms with Gasteiger partial charge in [-0.2, -0.15) is 5.26 Å². The molecule has 28 heavy (non-hydrogen) atoms. The first-order valence-corrected chi connectivity index (χ1v) is 8.88. The summed E-state index contributed by atoms with van der Waals surface area (Å²) in [6.45, 7) is 8.67. The van der Waals surface area contributed by atoms with Crippen LogP contribution in [-0.4, -0.2) is 24.1 Å². The van der Waals surface area contributed by atoms with E-state index in [1.807, 2.05) is 6.07 Å².